The first-order valence-corrected chi connectivity index (χ1v) is 36.8. The quantitative estimate of drug-likeness (QED) is 0.0264. The van der Waals surface area contributed by atoms with Gasteiger partial charge in [0.1, 0.15) is 6.61 Å². The normalized spacial score (nSPS) is 13.8. The van der Waals surface area contributed by atoms with Gasteiger partial charge in [-0.15, -0.1) is 0 Å². The summed E-state index contributed by atoms with van der Waals surface area (Å²) in [5, 5.41) is 0. The third-order valence-electron chi connectivity index (χ3n) is 14.7. The first-order chi connectivity index (χ1) is 42.8. The lowest BCUT2D eigenvalue weighted by atomic mass is 10.0. The molecule has 2 unspecified atom stereocenters. The van der Waals surface area contributed by atoms with Crippen LogP contribution >= 0.6 is 7.82 Å². The average Bonchev–Trinajstić information content (AvgIpc) is 3.65. The van der Waals surface area contributed by atoms with Crippen molar-refractivity contribution in [2.75, 3.05) is 26.4 Å². The lowest BCUT2D eigenvalue weighted by molar-refractivity contribution is -0.161. The number of carbonyl (C=O) groups is 2. The Balaban J connectivity index is 3.92. The Bertz CT molecular complexity index is 1940. The standard InChI is InChI=1S/C77H130NO8P/c1-3-5-7-9-11-13-15-17-19-21-23-25-27-29-30-31-32-33-34-35-36-37-38-39-40-41-42-43-44-46-48-50-52-54-56-58-60-62-64-66-68-70-77(80)86-75(74-85-87(81,82)84-72-71-78)73-83-76(79)69-67-65-63-61-59-57-55-53-51-49-47-45-28-26-24-22-20-18-16-14-12-10-8-6-4-2/h5,7,11,13,16-19,22-25,28-30,32-33,35-36,38-39,41-42,45,75H,3-4,6,8-10,12,14-15,20-21,26-27,31,34,37,40,43-44,46-74,78H2,1-2H3,(H,81,82)/b7-5-,13-11-,18-16-,19-17-,24-22-,25-23-,30-29-,33-32-,36-35-,39-38-,42-41-,45-28-. The highest BCUT2D eigenvalue weighted by molar-refractivity contribution is 7.47. The van der Waals surface area contributed by atoms with Crippen LogP contribution in [0.25, 0.3) is 0 Å². The molecule has 496 valence electrons. The highest BCUT2D eigenvalue weighted by Crippen LogP contribution is 2.43. The second kappa shape index (κ2) is 71.0. The van der Waals surface area contributed by atoms with Crippen LogP contribution in [-0.4, -0.2) is 49.3 Å². The summed E-state index contributed by atoms with van der Waals surface area (Å²) in [6, 6.07) is 0. The van der Waals surface area contributed by atoms with Crippen LogP contribution in [0.1, 0.15) is 296 Å². The van der Waals surface area contributed by atoms with Crippen molar-refractivity contribution in [2.24, 2.45) is 5.73 Å². The molecule has 9 nitrogen and oxygen atoms in total. The van der Waals surface area contributed by atoms with Crippen molar-refractivity contribution in [3.05, 3.63) is 146 Å². The number of esters is 2. The number of rotatable bonds is 65. The molecule has 3 N–H and O–H groups in total. The van der Waals surface area contributed by atoms with E-state index < -0.39 is 26.5 Å². The van der Waals surface area contributed by atoms with Gasteiger partial charge in [-0.1, -0.05) is 307 Å². The highest BCUT2D eigenvalue weighted by Gasteiger charge is 2.26. The van der Waals surface area contributed by atoms with E-state index in [4.69, 9.17) is 24.3 Å². The molecule has 0 rings (SSSR count). The van der Waals surface area contributed by atoms with E-state index in [-0.39, 0.29) is 38.6 Å². The molecule has 10 heteroatoms. The van der Waals surface area contributed by atoms with Gasteiger partial charge in [-0.2, -0.15) is 0 Å². The number of unbranched alkanes of at least 4 members (excludes halogenated alkanes) is 28. The molecule has 0 aliphatic heterocycles. The van der Waals surface area contributed by atoms with Gasteiger partial charge in [0.25, 0.3) is 0 Å². The first-order valence-electron chi connectivity index (χ1n) is 35.3. The zero-order chi connectivity index (χ0) is 63.0. The van der Waals surface area contributed by atoms with Gasteiger partial charge in [0.2, 0.25) is 0 Å². The van der Waals surface area contributed by atoms with Crippen LogP contribution in [0.4, 0.5) is 0 Å². The minimum Gasteiger partial charge on any atom is -0.462 e. The van der Waals surface area contributed by atoms with Gasteiger partial charge in [-0.05, 0) is 122 Å². The SMILES string of the molecule is CC/C=C\C/C=C\C/C=C\C/C=C\C/C=C\C/C=C\C/C=C\C/C=C\C/C=C\CCCCCCCCCCCCCCCC(=O)OC(COC(=O)CCCCCCCCCCCC/C=C\C/C=C\C/C=C\CCCCCCC)COP(=O)(O)OCCN. The van der Waals surface area contributed by atoms with E-state index in [1.165, 1.54) is 141 Å². The topological polar surface area (TPSA) is 134 Å². The Kier molecular flexibility index (Phi) is 67.6. The molecule has 0 amide bonds. The molecule has 0 aliphatic carbocycles. The van der Waals surface area contributed by atoms with E-state index in [0.29, 0.717) is 6.42 Å². The summed E-state index contributed by atoms with van der Waals surface area (Å²) in [6.07, 6.45) is 102. The number of hydrogen-bond donors (Lipinski definition) is 2. The summed E-state index contributed by atoms with van der Waals surface area (Å²) in [4.78, 5) is 35.4. The smallest absolute Gasteiger partial charge is 0.462 e. The largest absolute Gasteiger partial charge is 0.472 e. The second-order valence-electron chi connectivity index (χ2n) is 23.0. The molecule has 0 saturated heterocycles. The van der Waals surface area contributed by atoms with Crippen molar-refractivity contribution in [3.63, 3.8) is 0 Å². The van der Waals surface area contributed by atoms with Crippen molar-refractivity contribution < 1.29 is 37.6 Å². The van der Waals surface area contributed by atoms with E-state index in [0.717, 1.165) is 122 Å². The molecule has 0 radical (unpaired) electrons. The molecule has 0 aliphatic rings. The summed E-state index contributed by atoms with van der Waals surface area (Å²) < 4.78 is 33.2. The third-order valence-corrected chi connectivity index (χ3v) is 15.7. The van der Waals surface area contributed by atoms with Crippen molar-refractivity contribution >= 4 is 19.8 Å². The summed E-state index contributed by atoms with van der Waals surface area (Å²) >= 11 is 0. The molecule has 0 aromatic heterocycles. The van der Waals surface area contributed by atoms with E-state index in [2.05, 4.69) is 160 Å². The van der Waals surface area contributed by atoms with Gasteiger partial charge in [0, 0.05) is 19.4 Å². The second-order valence-corrected chi connectivity index (χ2v) is 24.5. The fraction of sp³-hybridized carbons (Fsp3) is 0.662. The number of carbonyl (C=O) groups excluding carboxylic acids is 2. The van der Waals surface area contributed by atoms with Crippen LogP contribution in [0, 0.1) is 0 Å². The molecular formula is C77H130NO8P. The zero-order valence-electron chi connectivity index (χ0n) is 55.7. The Labute approximate surface area is 535 Å². The molecule has 0 fully saturated rings. The molecule has 0 aromatic carbocycles. The van der Waals surface area contributed by atoms with Gasteiger partial charge in [0.05, 0.1) is 13.2 Å². The monoisotopic (exact) mass is 1230 g/mol. The van der Waals surface area contributed by atoms with Gasteiger partial charge in [-0.25, -0.2) is 4.57 Å². The molecule has 0 heterocycles. The Morgan fingerprint density at radius 3 is 0.943 bits per heavy atom. The number of nitrogens with two attached hydrogens (primary N) is 1. The first kappa shape index (κ1) is 82.9. The van der Waals surface area contributed by atoms with Crippen molar-refractivity contribution in [3.8, 4) is 0 Å². The van der Waals surface area contributed by atoms with E-state index in [1.54, 1.807) is 0 Å². The van der Waals surface area contributed by atoms with Crippen molar-refractivity contribution in [1.29, 1.82) is 0 Å². The Morgan fingerprint density at radius 1 is 0.356 bits per heavy atom. The van der Waals surface area contributed by atoms with Gasteiger partial charge >= 0.3 is 19.8 Å². The van der Waals surface area contributed by atoms with Gasteiger partial charge in [-0.3, -0.25) is 18.6 Å². The predicted octanol–water partition coefficient (Wildman–Crippen LogP) is 23.4. The molecule has 0 spiro atoms. The van der Waals surface area contributed by atoms with E-state index in [1.807, 2.05) is 0 Å². The van der Waals surface area contributed by atoms with Crippen LogP contribution in [0.15, 0.2) is 146 Å². The van der Waals surface area contributed by atoms with Crippen LogP contribution in [0.3, 0.4) is 0 Å². The summed E-state index contributed by atoms with van der Waals surface area (Å²) in [7, 11) is -4.40. The summed E-state index contributed by atoms with van der Waals surface area (Å²) in [5.41, 5.74) is 5.40. The van der Waals surface area contributed by atoms with E-state index >= 15 is 0 Å². The number of hydrogen-bond acceptors (Lipinski definition) is 8. The van der Waals surface area contributed by atoms with Crippen LogP contribution in [0.2, 0.25) is 0 Å². The summed E-state index contributed by atoms with van der Waals surface area (Å²) in [6.45, 7) is 3.62. The molecule has 87 heavy (non-hydrogen) atoms. The lowest BCUT2D eigenvalue weighted by Crippen LogP contribution is -2.29. The fourth-order valence-corrected chi connectivity index (χ4v) is 10.3. The lowest BCUT2D eigenvalue weighted by Gasteiger charge is -2.19. The Hall–Kier alpha value is -4.11. The minimum atomic E-state index is -4.40. The van der Waals surface area contributed by atoms with Gasteiger partial charge < -0.3 is 20.1 Å². The summed E-state index contributed by atoms with van der Waals surface area (Å²) in [5.74, 6) is -0.834. The van der Waals surface area contributed by atoms with Crippen LogP contribution < -0.4 is 5.73 Å². The highest BCUT2D eigenvalue weighted by atomic mass is 31.2. The zero-order valence-corrected chi connectivity index (χ0v) is 56.6. The van der Waals surface area contributed by atoms with Crippen molar-refractivity contribution in [2.45, 2.75) is 302 Å². The van der Waals surface area contributed by atoms with Crippen LogP contribution in [0.5, 0.6) is 0 Å². The predicted molar refractivity (Wildman–Crippen MR) is 376 cm³/mol. The maximum absolute atomic E-state index is 12.8. The number of phosphoric acid groups is 1. The fourth-order valence-electron chi connectivity index (χ4n) is 9.52. The van der Waals surface area contributed by atoms with Crippen LogP contribution in [-0.2, 0) is 32.7 Å². The Morgan fingerprint density at radius 2 is 0.632 bits per heavy atom. The van der Waals surface area contributed by atoms with E-state index in [9.17, 15) is 19.0 Å². The van der Waals surface area contributed by atoms with Gasteiger partial charge in [0.15, 0.2) is 6.10 Å². The molecule has 0 aromatic rings. The third kappa shape index (κ3) is 70.8. The number of ether oxygens (including phenoxy) is 2. The molecule has 0 bridgehead atoms. The number of allylic oxidation sites excluding steroid dienone is 24. The molecule has 0 saturated carbocycles. The van der Waals surface area contributed by atoms with Crippen molar-refractivity contribution in [1.82, 2.24) is 0 Å². The average molecular weight is 1230 g/mol. The maximum atomic E-state index is 12.8. The maximum Gasteiger partial charge on any atom is 0.472 e. The molecular weight excluding hydrogens is 1100 g/mol. The number of phosphoric ester groups is 1. The minimum absolute atomic E-state index is 0.0472. The molecule has 2 atom stereocenters.